The van der Waals surface area contributed by atoms with Crippen LogP contribution in [-0.4, -0.2) is 87.5 Å². The smallest absolute Gasteiger partial charge is 0.193 e. The molecule has 3 aliphatic rings. The molecule has 3 heterocycles. The fourth-order valence-electron chi connectivity index (χ4n) is 4.23. The highest BCUT2D eigenvalue weighted by molar-refractivity contribution is 14.0. The van der Waals surface area contributed by atoms with Gasteiger partial charge in [-0.05, 0) is 44.7 Å². The van der Waals surface area contributed by atoms with Gasteiger partial charge in [0.15, 0.2) is 5.96 Å². The van der Waals surface area contributed by atoms with Crippen molar-refractivity contribution in [2.24, 2.45) is 10.9 Å². The van der Waals surface area contributed by atoms with Crippen molar-refractivity contribution in [1.29, 1.82) is 0 Å². The zero-order valence-corrected chi connectivity index (χ0v) is 18.8. The van der Waals surface area contributed by atoms with Crippen molar-refractivity contribution >= 4 is 29.9 Å². The largest absolute Gasteiger partial charge is 0.375 e. The zero-order chi connectivity index (χ0) is 17.5. The maximum Gasteiger partial charge on any atom is 0.193 e. The molecule has 6 nitrogen and oxygen atoms in total. The first-order valence-corrected chi connectivity index (χ1v) is 10.2. The Hall–Kier alpha value is -0.120. The van der Waals surface area contributed by atoms with Crippen LogP contribution in [0.3, 0.4) is 0 Å². The van der Waals surface area contributed by atoms with E-state index in [0.717, 1.165) is 51.6 Å². The van der Waals surface area contributed by atoms with E-state index in [1.165, 1.54) is 38.9 Å². The Morgan fingerprint density at radius 1 is 1.08 bits per heavy atom. The number of hydrogen-bond acceptors (Lipinski definition) is 4. The van der Waals surface area contributed by atoms with E-state index in [0.29, 0.717) is 5.92 Å². The number of piperidine rings is 1. The van der Waals surface area contributed by atoms with Gasteiger partial charge in [-0.3, -0.25) is 4.99 Å². The van der Waals surface area contributed by atoms with Crippen LogP contribution in [0.25, 0.3) is 0 Å². The molecule has 3 atom stereocenters. The van der Waals surface area contributed by atoms with Crippen molar-refractivity contribution < 1.29 is 9.47 Å². The monoisotopic (exact) mass is 480 g/mol. The van der Waals surface area contributed by atoms with Crippen molar-refractivity contribution in [2.75, 3.05) is 59.5 Å². The Morgan fingerprint density at radius 3 is 2.54 bits per heavy atom. The van der Waals surface area contributed by atoms with Gasteiger partial charge in [0.2, 0.25) is 0 Å². The summed E-state index contributed by atoms with van der Waals surface area (Å²) in [5, 5.41) is 3.59. The summed E-state index contributed by atoms with van der Waals surface area (Å²) in [6.07, 6.45) is 6.85. The van der Waals surface area contributed by atoms with Crippen molar-refractivity contribution in [3.8, 4) is 0 Å². The lowest BCUT2D eigenvalue weighted by Gasteiger charge is -2.37. The van der Waals surface area contributed by atoms with Gasteiger partial charge in [-0.2, -0.15) is 0 Å². The fourth-order valence-corrected chi connectivity index (χ4v) is 4.23. The summed E-state index contributed by atoms with van der Waals surface area (Å²) in [6.45, 7) is 10.5. The first kappa shape index (κ1) is 22.2. The maximum atomic E-state index is 5.96. The SMILES string of the molecule is CN=C(NCC(C)CN1CCCCC1)N1CCOC(C2CCCO2)C1.I. The summed E-state index contributed by atoms with van der Waals surface area (Å²) >= 11 is 0. The number of halogens is 1. The van der Waals surface area contributed by atoms with Gasteiger partial charge < -0.3 is 24.6 Å². The molecule has 0 aliphatic carbocycles. The second-order valence-electron chi connectivity index (χ2n) is 7.80. The molecule has 0 aromatic carbocycles. The Morgan fingerprint density at radius 2 is 1.85 bits per heavy atom. The number of nitrogens with zero attached hydrogens (tertiary/aromatic N) is 3. The van der Waals surface area contributed by atoms with E-state index in [4.69, 9.17) is 9.47 Å². The summed E-state index contributed by atoms with van der Waals surface area (Å²) in [4.78, 5) is 9.46. The van der Waals surface area contributed by atoms with Crippen LogP contribution in [0.1, 0.15) is 39.0 Å². The minimum Gasteiger partial charge on any atom is -0.375 e. The number of nitrogens with one attached hydrogen (secondary N) is 1. The summed E-state index contributed by atoms with van der Waals surface area (Å²) in [7, 11) is 1.88. The van der Waals surface area contributed by atoms with Crippen molar-refractivity contribution in [3.63, 3.8) is 0 Å². The number of likely N-dealkylation sites (tertiary alicyclic amines) is 1. The quantitative estimate of drug-likeness (QED) is 0.372. The predicted octanol–water partition coefficient (Wildman–Crippen LogP) is 2.18. The van der Waals surface area contributed by atoms with E-state index in [1.807, 2.05) is 7.05 Å². The first-order chi connectivity index (χ1) is 12.3. The third-order valence-corrected chi connectivity index (χ3v) is 5.61. The molecule has 7 heteroatoms. The molecule has 26 heavy (non-hydrogen) atoms. The van der Waals surface area contributed by atoms with Crippen LogP contribution in [0.4, 0.5) is 0 Å². The van der Waals surface area contributed by atoms with Gasteiger partial charge in [0.25, 0.3) is 0 Å². The number of hydrogen-bond donors (Lipinski definition) is 1. The van der Waals surface area contributed by atoms with Crippen LogP contribution in [-0.2, 0) is 9.47 Å². The van der Waals surface area contributed by atoms with E-state index < -0.39 is 0 Å². The Kier molecular flexibility index (Phi) is 9.94. The van der Waals surface area contributed by atoms with Crippen LogP contribution in [0, 0.1) is 5.92 Å². The third-order valence-electron chi connectivity index (χ3n) is 5.61. The second-order valence-corrected chi connectivity index (χ2v) is 7.80. The van der Waals surface area contributed by atoms with Crippen molar-refractivity contribution in [3.05, 3.63) is 0 Å². The van der Waals surface area contributed by atoms with Gasteiger partial charge in [-0.15, -0.1) is 24.0 Å². The zero-order valence-electron chi connectivity index (χ0n) is 16.5. The fraction of sp³-hybridized carbons (Fsp3) is 0.947. The molecule has 0 saturated carbocycles. The highest BCUT2D eigenvalue weighted by atomic mass is 127. The van der Waals surface area contributed by atoms with Crippen LogP contribution < -0.4 is 5.32 Å². The number of aliphatic imine (C=N–C) groups is 1. The lowest BCUT2D eigenvalue weighted by Crippen LogP contribution is -2.54. The van der Waals surface area contributed by atoms with Crippen LogP contribution in [0.5, 0.6) is 0 Å². The molecule has 3 rings (SSSR count). The molecule has 3 aliphatic heterocycles. The second kappa shape index (κ2) is 11.7. The van der Waals surface area contributed by atoms with Crippen LogP contribution >= 0.6 is 24.0 Å². The highest BCUT2D eigenvalue weighted by Crippen LogP contribution is 2.21. The average molecular weight is 480 g/mol. The molecule has 3 unspecified atom stereocenters. The number of ether oxygens (including phenoxy) is 2. The molecule has 0 aromatic heterocycles. The number of guanidine groups is 1. The summed E-state index contributed by atoms with van der Waals surface area (Å²) < 4.78 is 11.8. The number of morpholine rings is 1. The van der Waals surface area contributed by atoms with Crippen LogP contribution in [0.15, 0.2) is 4.99 Å². The molecule has 1 N–H and O–H groups in total. The van der Waals surface area contributed by atoms with Gasteiger partial charge in [0.05, 0.1) is 12.7 Å². The molecular weight excluding hydrogens is 443 g/mol. The van der Waals surface area contributed by atoms with Crippen molar-refractivity contribution in [2.45, 2.75) is 51.2 Å². The third kappa shape index (κ3) is 6.49. The molecule has 0 radical (unpaired) electrons. The minimum absolute atomic E-state index is 0. The Balaban J connectivity index is 0.00000243. The van der Waals surface area contributed by atoms with E-state index in [1.54, 1.807) is 0 Å². The van der Waals surface area contributed by atoms with Crippen molar-refractivity contribution in [1.82, 2.24) is 15.1 Å². The van der Waals surface area contributed by atoms with Gasteiger partial charge in [0.1, 0.15) is 6.10 Å². The molecule has 0 spiro atoms. The van der Waals surface area contributed by atoms with E-state index >= 15 is 0 Å². The lowest BCUT2D eigenvalue weighted by molar-refractivity contribution is -0.0817. The van der Waals surface area contributed by atoms with E-state index in [2.05, 4.69) is 27.0 Å². The first-order valence-electron chi connectivity index (χ1n) is 10.2. The van der Waals surface area contributed by atoms with Gasteiger partial charge in [0, 0.05) is 39.8 Å². The standard InChI is InChI=1S/C19H36N4O2.HI/c1-16(14-22-8-4-3-5-9-22)13-21-19(20-2)23-10-12-25-18(15-23)17-7-6-11-24-17;/h16-18H,3-15H2,1-2H3,(H,20,21);1H. The molecule has 3 fully saturated rings. The van der Waals surface area contributed by atoms with Gasteiger partial charge in [-0.1, -0.05) is 13.3 Å². The Bertz CT molecular complexity index is 426. The molecule has 152 valence electrons. The minimum atomic E-state index is 0. The molecule has 3 saturated heterocycles. The molecule has 0 bridgehead atoms. The summed E-state index contributed by atoms with van der Waals surface area (Å²) in [5.41, 5.74) is 0. The highest BCUT2D eigenvalue weighted by Gasteiger charge is 2.32. The summed E-state index contributed by atoms with van der Waals surface area (Å²) in [6, 6.07) is 0. The summed E-state index contributed by atoms with van der Waals surface area (Å²) in [5.74, 6) is 1.64. The topological polar surface area (TPSA) is 49.3 Å². The average Bonchev–Trinajstić information content (AvgIpc) is 3.18. The maximum absolute atomic E-state index is 5.96. The lowest BCUT2D eigenvalue weighted by atomic mass is 10.1. The van der Waals surface area contributed by atoms with E-state index in [-0.39, 0.29) is 36.2 Å². The molecular formula is C19H37IN4O2. The predicted molar refractivity (Wildman–Crippen MR) is 117 cm³/mol. The number of rotatable bonds is 5. The normalized spacial score (nSPS) is 29.3. The van der Waals surface area contributed by atoms with E-state index in [9.17, 15) is 0 Å². The van der Waals surface area contributed by atoms with Gasteiger partial charge in [-0.25, -0.2) is 0 Å². The molecule has 0 aromatic rings. The Labute approximate surface area is 176 Å². The molecule has 0 amide bonds. The van der Waals surface area contributed by atoms with Gasteiger partial charge >= 0.3 is 0 Å². The van der Waals surface area contributed by atoms with Crippen LogP contribution in [0.2, 0.25) is 0 Å².